The Bertz CT molecular complexity index is 138. The Morgan fingerprint density at radius 2 is 2.60 bits per heavy atom. The molecule has 1 atom stereocenters. The first-order chi connectivity index (χ1) is 4.88. The van der Waals surface area contributed by atoms with Crippen LogP contribution in [-0.4, -0.2) is 36.4 Å². The second-order valence-corrected chi connectivity index (χ2v) is 4.05. The van der Waals surface area contributed by atoms with Crippen LogP contribution in [0.25, 0.3) is 0 Å². The van der Waals surface area contributed by atoms with Crippen molar-refractivity contribution in [1.29, 1.82) is 0 Å². The monoisotopic (exact) mass is 223 g/mol. The Labute approximate surface area is 74.2 Å². The first-order valence-corrected chi connectivity index (χ1v) is 5.50. The van der Waals surface area contributed by atoms with E-state index in [4.69, 9.17) is 0 Å². The lowest BCUT2D eigenvalue weighted by atomic mass is 10.6. The zero-order valence-corrected chi connectivity index (χ0v) is 8.46. The van der Waals surface area contributed by atoms with E-state index in [0.29, 0.717) is 0 Å². The highest BCUT2D eigenvalue weighted by atomic mass is 79.9. The highest BCUT2D eigenvalue weighted by Gasteiger charge is 2.23. The SMILES string of the molecule is CN=C1SCC[NH+]1CCBr. The number of halogens is 1. The molecule has 0 radical (unpaired) electrons. The normalized spacial score (nSPS) is 29.8. The van der Waals surface area contributed by atoms with Crippen molar-refractivity contribution in [3.8, 4) is 0 Å². The van der Waals surface area contributed by atoms with Crippen molar-refractivity contribution >= 4 is 32.9 Å². The first-order valence-electron chi connectivity index (χ1n) is 3.39. The third-order valence-electron chi connectivity index (χ3n) is 1.54. The summed E-state index contributed by atoms with van der Waals surface area (Å²) in [5, 5.41) is 2.35. The van der Waals surface area contributed by atoms with Gasteiger partial charge in [0.05, 0.1) is 24.2 Å². The number of hydrogen-bond donors (Lipinski definition) is 1. The predicted octanol–water partition coefficient (Wildman–Crippen LogP) is -0.00120. The van der Waals surface area contributed by atoms with Crippen LogP contribution in [0.3, 0.4) is 0 Å². The molecule has 1 saturated heterocycles. The highest BCUT2D eigenvalue weighted by molar-refractivity contribution is 9.09. The quantitative estimate of drug-likeness (QED) is 0.653. The number of alkyl halides is 1. The van der Waals surface area contributed by atoms with Gasteiger partial charge in [0.15, 0.2) is 0 Å². The van der Waals surface area contributed by atoms with Crippen LogP contribution in [0, 0.1) is 0 Å². The van der Waals surface area contributed by atoms with Crippen LogP contribution >= 0.6 is 27.7 Å². The number of nitrogens with zero attached hydrogens (tertiary/aromatic N) is 1. The van der Waals surface area contributed by atoms with Crippen LogP contribution in [0.5, 0.6) is 0 Å². The molecule has 0 aromatic rings. The van der Waals surface area contributed by atoms with Crippen molar-refractivity contribution in [3.05, 3.63) is 0 Å². The molecule has 0 aliphatic carbocycles. The molecule has 1 aliphatic rings. The molecule has 4 heteroatoms. The number of hydrogen-bond acceptors (Lipinski definition) is 2. The lowest BCUT2D eigenvalue weighted by Crippen LogP contribution is -3.12. The average molecular weight is 224 g/mol. The van der Waals surface area contributed by atoms with Crippen molar-refractivity contribution in [2.24, 2.45) is 4.99 Å². The Balaban J connectivity index is 2.42. The molecule has 1 aliphatic heterocycles. The minimum absolute atomic E-state index is 1.07. The first kappa shape index (κ1) is 8.56. The maximum Gasteiger partial charge on any atom is 0.257 e. The third-order valence-corrected chi connectivity index (χ3v) is 3.09. The predicted molar refractivity (Wildman–Crippen MR) is 50.3 cm³/mol. The fourth-order valence-corrected chi connectivity index (χ4v) is 2.61. The molecule has 10 heavy (non-hydrogen) atoms. The Morgan fingerprint density at radius 1 is 1.80 bits per heavy atom. The summed E-state index contributed by atoms with van der Waals surface area (Å²) in [5.41, 5.74) is 0. The van der Waals surface area contributed by atoms with E-state index in [-0.39, 0.29) is 0 Å². The molecular weight excluding hydrogens is 212 g/mol. The summed E-state index contributed by atoms with van der Waals surface area (Å²) in [5.74, 6) is 1.23. The summed E-state index contributed by atoms with van der Waals surface area (Å²) in [4.78, 5) is 5.74. The maximum atomic E-state index is 4.21. The van der Waals surface area contributed by atoms with Gasteiger partial charge in [-0.3, -0.25) is 4.90 Å². The van der Waals surface area contributed by atoms with Gasteiger partial charge in [-0.25, -0.2) is 4.99 Å². The van der Waals surface area contributed by atoms with Crippen LogP contribution in [0.4, 0.5) is 0 Å². The lowest BCUT2D eigenvalue weighted by Gasteiger charge is -2.08. The van der Waals surface area contributed by atoms with Crippen LogP contribution in [0.2, 0.25) is 0 Å². The number of aliphatic imine (C=N–C) groups is 1. The second-order valence-electron chi connectivity index (χ2n) is 2.17. The van der Waals surface area contributed by atoms with Crippen molar-refractivity contribution < 1.29 is 4.90 Å². The molecule has 1 fully saturated rings. The minimum Gasteiger partial charge on any atom is -0.279 e. The van der Waals surface area contributed by atoms with Gasteiger partial charge in [-0.2, -0.15) is 0 Å². The molecule has 1 heterocycles. The maximum absolute atomic E-state index is 4.21. The van der Waals surface area contributed by atoms with E-state index in [1.807, 2.05) is 18.8 Å². The second kappa shape index (κ2) is 4.36. The van der Waals surface area contributed by atoms with E-state index in [2.05, 4.69) is 20.9 Å². The van der Waals surface area contributed by atoms with Crippen LogP contribution < -0.4 is 4.90 Å². The molecule has 0 saturated carbocycles. The largest absolute Gasteiger partial charge is 0.279 e. The van der Waals surface area contributed by atoms with Crippen molar-refractivity contribution in [3.63, 3.8) is 0 Å². The van der Waals surface area contributed by atoms with E-state index >= 15 is 0 Å². The molecule has 0 bridgehead atoms. The van der Waals surface area contributed by atoms with Gasteiger partial charge in [0.2, 0.25) is 0 Å². The molecule has 1 rings (SSSR count). The molecular formula is C6H12BrN2S+. The van der Waals surface area contributed by atoms with Gasteiger partial charge in [0, 0.05) is 7.05 Å². The van der Waals surface area contributed by atoms with Gasteiger partial charge in [-0.05, 0) is 11.8 Å². The summed E-state index contributed by atoms with van der Waals surface area (Å²) in [6.45, 7) is 2.41. The van der Waals surface area contributed by atoms with Gasteiger partial charge in [0.25, 0.3) is 5.17 Å². The number of rotatable bonds is 2. The molecule has 0 aromatic carbocycles. The molecule has 0 aromatic heterocycles. The standard InChI is InChI=1S/C6H11BrN2S/c1-8-6-9(3-2-7)4-5-10-6/h2-5H2,1H3/p+1. The number of quaternary nitrogens is 1. The summed E-state index contributed by atoms with van der Waals surface area (Å²) in [6.07, 6.45) is 0. The number of amidine groups is 1. The van der Waals surface area contributed by atoms with Crippen LogP contribution in [0.1, 0.15) is 0 Å². The van der Waals surface area contributed by atoms with E-state index in [0.717, 1.165) is 5.33 Å². The third kappa shape index (κ3) is 1.97. The van der Waals surface area contributed by atoms with E-state index in [1.54, 1.807) is 0 Å². The summed E-state index contributed by atoms with van der Waals surface area (Å²) in [7, 11) is 1.88. The van der Waals surface area contributed by atoms with Crippen LogP contribution in [-0.2, 0) is 0 Å². The summed E-state index contributed by atoms with van der Waals surface area (Å²) in [6, 6.07) is 0. The number of thioether (sulfide) groups is 1. The molecule has 0 amide bonds. The lowest BCUT2D eigenvalue weighted by molar-refractivity contribution is -0.792. The zero-order valence-electron chi connectivity index (χ0n) is 6.06. The smallest absolute Gasteiger partial charge is 0.257 e. The van der Waals surface area contributed by atoms with Crippen LogP contribution in [0.15, 0.2) is 4.99 Å². The van der Waals surface area contributed by atoms with Crippen molar-refractivity contribution in [1.82, 2.24) is 0 Å². The Morgan fingerprint density at radius 3 is 3.20 bits per heavy atom. The molecule has 1 N–H and O–H groups in total. The molecule has 1 unspecified atom stereocenters. The summed E-state index contributed by atoms with van der Waals surface area (Å²) < 4.78 is 0. The van der Waals surface area contributed by atoms with Gasteiger partial charge in [-0.1, -0.05) is 15.9 Å². The minimum atomic E-state index is 1.07. The van der Waals surface area contributed by atoms with E-state index in [9.17, 15) is 0 Å². The van der Waals surface area contributed by atoms with Gasteiger partial charge in [-0.15, -0.1) is 0 Å². The Hall–Kier alpha value is 0.460. The van der Waals surface area contributed by atoms with Crippen molar-refractivity contribution in [2.75, 3.05) is 31.2 Å². The average Bonchev–Trinajstić information content (AvgIpc) is 2.36. The molecule has 0 spiro atoms. The van der Waals surface area contributed by atoms with Gasteiger partial charge >= 0.3 is 0 Å². The van der Waals surface area contributed by atoms with Gasteiger partial charge < -0.3 is 0 Å². The fraction of sp³-hybridized carbons (Fsp3) is 0.833. The Kier molecular flexibility index (Phi) is 3.73. The van der Waals surface area contributed by atoms with Crippen molar-refractivity contribution in [2.45, 2.75) is 0 Å². The highest BCUT2D eigenvalue weighted by Crippen LogP contribution is 2.01. The van der Waals surface area contributed by atoms with E-state index in [1.165, 1.54) is 28.9 Å². The molecule has 2 nitrogen and oxygen atoms in total. The molecule has 58 valence electrons. The topological polar surface area (TPSA) is 16.8 Å². The summed E-state index contributed by atoms with van der Waals surface area (Å²) >= 11 is 5.31. The fourth-order valence-electron chi connectivity index (χ4n) is 1.05. The number of nitrogens with one attached hydrogen (secondary N) is 1. The zero-order chi connectivity index (χ0) is 7.40. The van der Waals surface area contributed by atoms with Gasteiger partial charge in [0.1, 0.15) is 0 Å². The van der Waals surface area contributed by atoms with E-state index < -0.39 is 0 Å².